The molecule has 0 aromatic heterocycles. The Hall–Kier alpha value is -1.22. The lowest BCUT2D eigenvalue weighted by atomic mass is 9.87. The highest BCUT2D eigenvalue weighted by molar-refractivity contribution is 5.44. The quantitative estimate of drug-likeness (QED) is 0.904. The third-order valence-corrected chi connectivity index (χ3v) is 3.87. The van der Waals surface area contributed by atoms with E-state index in [9.17, 15) is 0 Å². The largest absolute Gasteiger partial charge is 0.486 e. The van der Waals surface area contributed by atoms with Crippen LogP contribution in [0.2, 0.25) is 0 Å². The molecule has 0 radical (unpaired) electrons. The van der Waals surface area contributed by atoms with Crippen LogP contribution in [0, 0.1) is 5.41 Å². The third kappa shape index (κ3) is 3.41. The Kier molecular flexibility index (Phi) is 4.04. The zero-order valence-electron chi connectivity index (χ0n) is 12.6. The summed E-state index contributed by atoms with van der Waals surface area (Å²) in [5.74, 6) is 1.71. The van der Waals surface area contributed by atoms with Crippen molar-refractivity contribution < 1.29 is 9.47 Å². The lowest BCUT2D eigenvalue weighted by Crippen LogP contribution is -2.39. The molecule has 1 aromatic carbocycles. The maximum atomic E-state index is 5.63. The van der Waals surface area contributed by atoms with Gasteiger partial charge in [0.2, 0.25) is 0 Å². The number of fused-ring (bicyclic) bond motifs is 1. The van der Waals surface area contributed by atoms with Crippen LogP contribution < -0.4 is 14.8 Å². The molecule has 3 nitrogen and oxygen atoms in total. The van der Waals surface area contributed by atoms with E-state index in [2.05, 4.69) is 52.1 Å². The maximum absolute atomic E-state index is 5.63. The fourth-order valence-corrected chi connectivity index (χ4v) is 2.05. The van der Waals surface area contributed by atoms with Crippen molar-refractivity contribution in [1.29, 1.82) is 0 Å². The lowest BCUT2D eigenvalue weighted by molar-refractivity contribution is 0.171. The van der Waals surface area contributed by atoms with Crippen LogP contribution in [0.5, 0.6) is 11.5 Å². The molecule has 19 heavy (non-hydrogen) atoms. The van der Waals surface area contributed by atoms with Gasteiger partial charge >= 0.3 is 0 Å². The minimum atomic E-state index is 0.252. The second kappa shape index (κ2) is 5.41. The van der Waals surface area contributed by atoms with Crippen molar-refractivity contribution in [2.24, 2.45) is 5.41 Å². The van der Waals surface area contributed by atoms with E-state index in [0.29, 0.717) is 25.3 Å². The summed E-state index contributed by atoms with van der Waals surface area (Å²) in [7, 11) is 0. The molecule has 0 amide bonds. The molecule has 0 aliphatic carbocycles. The van der Waals surface area contributed by atoms with Gasteiger partial charge in [-0.2, -0.15) is 0 Å². The molecule has 106 valence electrons. The average Bonchev–Trinajstić information content (AvgIpc) is 2.37. The van der Waals surface area contributed by atoms with Crippen molar-refractivity contribution in [3.8, 4) is 11.5 Å². The number of rotatable bonds is 3. The minimum absolute atomic E-state index is 0.252. The van der Waals surface area contributed by atoms with E-state index >= 15 is 0 Å². The predicted molar refractivity (Wildman–Crippen MR) is 77.9 cm³/mol. The molecule has 3 heteroatoms. The van der Waals surface area contributed by atoms with Crippen LogP contribution in [0.1, 0.15) is 46.2 Å². The Labute approximate surface area is 116 Å². The fraction of sp³-hybridized carbons (Fsp3) is 0.625. The molecule has 1 N–H and O–H groups in total. The van der Waals surface area contributed by atoms with Crippen LogP contribution >= 0.6 is 0 Å². The number of hydrogen-bond donors (Lipinski definition) is 1. The standard InChI is InChI=1S/C16H25NO2/c1-11(17-12(2)16(3,4)5)13-6-7-14-15(10-13)19-9-8-18-14/h6-7,10-12,17H,8-9H2,1-5H3. The first kappa shape index (κ1) is 14.2. The highest BCUT2D eigenvalue weighted by Gasteiger charge is 2.22. The van der Waals surface area contributed by atoms with Crippen molar-refractivity contribution in [2.75, 3.05) is 13.2 Å². The van der Waals surface area contributed by atoms with Gasteiger partial charge in [0, 0.05) is 12.1 Å². The summed E-state index contributed by atoms with van der Waals surface area (Å²) in [4.78, 5) is 0. The smallest absolute Gasteiger partial charge is 0.161 e. The zero-order valence-corrected chi connectivity index (χ0v) is 12.6. The fourth-order valence-electron chi connectivity index (χ4n) is 2.05. The summed E-state index contributed by atoms with van der Waals surface area (Å²) < 4.78 is 11.2. The van der Waals surface area contributed by atoms with E-state index in [1.54, 1.807) is 0 Å². The Bertz CT molecular complexity index is 437. The van der Waals surface area contributed by atoms with Crippen LogP contribution in [0.4, 0.5) is 0 Å². The monoisotopic (exact) mass is 263 g/mol. The molecule has 0 saturated carbocycles. The SMILES string of the molecule is CC(NC(C)C(C)(C)C)c1ccc2c(c1)OCCO2. The van der Waals surface area contributed by atoms with Crippen LogP contribution in [0.25, 0.3) is 0 Å². The van der Waals surface area contributed by atoms with Crippen molar-refractivity contribution in [1.82, 2.24) is 5.32 Å². The number of hydrogen-bond acceptors (Lipinski definition) is 3. The van der Waals surface area contributed by atoms with Gasteiger partial charge in [0.15, 0.2) is 11.5 Å². The first-order valence-corrected chi connectivity index (χ1v) is 7.03. The average molecular weight is 263 g/mol. The molecule has 1 aliphatic heterocycles. The van der Waals surface area contributed by atoms with Crippen molar-refractivity contribution in [3.63, 3.8) is 0 Å². The van der Waals surface area contributed by atoms with Crippen LogP contribution in [0.3, 0.4) is 0 Å². The molecule has 2 atom stereocenters. The maximum Gasteiger partial charge on any atom is 0.161 e. The lowest BCUT2D eigenvalue weighted by Gasteiger charge is -2.31. The van der Waals surface area contributed by atoms with Crippen LogP contribution in [-0.2, 0) is 0 Å². The topological polar surface area (TPSA) is 30.5 Å². The Morgan fingerprint density at radius 1 is 1.05 bits per heavy atom. The number of ether oxygens (including phenoxy) is 2. The summed E-state index contributed by atoms with van der Waals surface area (Å²) in [6.07, 6.45) is 0. The Balaban J connectivity index is 2.09. The van der Waals surface area contributed by atoms with Gasteiger partial charge in [-0.3, -0.25) is 0 Å². The highest BCUT2D eigenvalue weighted by atomic mass is 16.6. The van der Waals surface area contributed by atoms with Crippen LogP contribution in [0.15, 0.2) is 18.2 Å². The van der Waals surface area contributed by atoms with Crippen LogP contribution in [-0.4, -0.2) is 19.3 Å². The molecule has 0 spiro atoms. The second-order valence-corrected chi connectivity index (χ2v) is 6.38. The first-order chi connectivity index (χ1) is 8.88. The minimum Gasteiger partial charge on any atom is -0.486 e. The zero-order chi connectivity index (χ0) is 14.0. The van der Waals surface area contributed by atoms with Crippen molar-refractivity contribution >= 4 is 0 Å². The molecular weight excluding hydrogens is 238 g/mol. The van der Waals surface area contributed by atoms with E-state index in [-0.39, 0.29) is 5.41 Å². The van der Waals surface area contributed by atoms with Gasteiger partial charge in [-0.15, -0.1) is 0 Å². The van der Waals surface area contributed by atoms with Gasteiger partial charge in [0.05, 0.1) is 0 Å². The molecule has 0 bridgehead atoms. The van der Waals surface area contributed by atoms with Gasteiger partial charge in [0.1, 0.15) is 13.2 Å². The van der Waals surface area contributed by atoms with Gasteiger partial charge in [0.25, 0.3) is 0 Å². The first-order valence-electron chi connectivity index (χ1n) is 7.03. The van der Waals surface area contributed by atoms with Gasteiger partial charge < -0.3 is 14.8 Å². The number of nitrogens with one attached hydrogen (secondary N) is 1. The molecule has 1 heterocycles. The van der Waals surface area contributed by atoms with E-state index in [0.717, 1.165) is 11.5 Å². The summed E-state index contributed by atoms with van der Waals surface area (Å²) in [6, 6.07) is 6.94. The molecule has 1 aromatic rings. The third-order valence-electron chi connectivity index (χ3n) is 3.87. The molecule has 0 fully saturated rings. The van der Waals surface area contributed by atoms with Gasteiger partial charge in [-0.05, 0) is 37.0 Å². The normalized spacial score (nSPS) is 17.9. The summed E-state index contributed by atoms with van der Waals surface area (Å²) in [5.41, 5.74) is 1.49. The molecule has 0 saturated heterocycles. The van der Waals surface area contributed by atoms with Gasteiger partial charge in [-0.1, -0.05) is 26.8 Å². The second-order valence-electron chi connectivity index (χ2n) is 6.38. The van der Waals surface area contributed by atoms with Crippen molar-refractivity contribution in [3.05, 3.63) is 23.8 Å². The molecule has 2 unspecified atom stereocenters. The molecule has 1 aliphatic rings. The van der Waals surface area contributed by atoms with Gasteiger partial charge in [-0.25, -0.2) is 0 Å². The van der Waals surface area contributed by atoms with E-state index < -0.39 is 0 Å². The molecule has 2 rings (SSSR count). The Morgan fingerprint density at radius 2 is 1.68 bits per heavy atom. The summed E-state index contributed by atoms with van der Waals surface area (Å²) in [5, 5.41) is 3.65. The van der Waals surface area contributed by atoms with E-state index in [4.69, 9.17) is 9.47 Å². The number of benzene rings is 1. The summed E-state index contributed by atoms with van der Waals surface area (Å²) >= 11 is 0. The predicted octanol–water partition coefficient (Wildman–Crippen LogP) is 3.54. The van der Waals surface area contributed by atoms with Crippen molar-refractivity contribution in [2.45, 2.75) is 46.7 Å². The highest BCUT2D eigenvalue weighted by Crippen LogP contribution is 2.33. The Morgan fingerprint density at radius 3 is 2.32 bits per heavy atom. The summed E-state index contributed by atoms with van der Waals surface area (Å²) in [6.45, 7) is 12.4. The molecular formula is C16H25NO2. The van der Waals surface area contributed by atoms with E-state index in [1.165, 1.54) is 5.56 Å². The van der Waals surface area contributed by atoms with E-state index in [1.807, 2.05) is 6.07 Å².